The Morgan fingerprint density at radius 2 is 1.32 bits per heavy atom. The highest BCUT2D eigenvalue weighted by Crippen LogP contribution is 2.42. The van der Waals surface area contributed by atoms with Crippen molar-refractivity contribution in [1.82, 2.24) is 0 Å². The summed E-state index contributed by atoms with van der Waals surface area (Å²) >= 11 is 0. The number of fused-ring (bicyclic) bond motifs is 1. The first-order valence-electron chi connectivity index (χ1n) is 11.6. The molecule has 0 heteroatoms. The Morgan fingerprint density at radius 1 is 0.710 bits per heavy atom. The maximum atomic E-state index is 2.44. The summed E-state index contributed by atoms with van der Waals surface area (Å²) in [6, 6.07) is 22.9. The molecule has 0 N–H and O–H groups in total. The Labute approximate surface area is 189 Å². The van der Waals surface area contributed by atoms with Crippen molar-refractivity contribution >= 4 is 11.6 Å². The molecule has 0 atom stereocenters. The second kappa shape index (κ2) is 7.83. The van der Waals surface area contributed by atoms with Gasteiger partial charge in [-0.25, -0.2) is 0 Å². The quantitative estimate of drug-likeness (QED) is 0.407. The largest absolute Gasteiger partial charge is 0.0622 e. The molecule has 0 radical (unpaired) electrons. The zero-order chi connectivity index (χ0) is 22.4. The minimum Gasteiger partial charge on any atom is -0.0622 e. The number of hydrogen-bond acceptors (Lipinski definition) is 0. The fourth-order valence-corrected chi connectivity index (χ4v) is 4.57. The third-order valence-electron chi connectivity index (χ3n) is 6.60. The summed E-state index contributed by atoms with van der Waals surface area (Å²) < 4.78 is 0. The van der Waals surface area contributed by atoms with Gasteiger partial charge in [0.2, 0.25) is 0 Å². The van der Waals surface area contributed by atoms with Crippen LogP contribution in [0.5, 0.6) is 0 Å². The number of rotatable bonds is 3. The topological polar surface area (TPSA) is 0 Å². The van der Waals surface area contributed by atoms with E-state index in [-0.39, 0.29) is 10.8 Å². The van der Waals surface area contributed by atoms with Gasteiger partial charge in [0.25, 0.3) is 0 Å². The monoisotopic (exact) mass is 408 g/mol. The molecule has 0 unspecified atom stereocenters. The van der Waals surface area contributed by atoms with E-state index in [1.165, 1.54) is 50.1 Å². The number of benzene rings is 3. The lowest BCUT2D eigenvalue weighted by molar-refractivity contribution is 0.569. The molecule has 31 heavy (non-hydrogen) atoms. The Morgan fingerprint density at radius 3 is 1.87 bits per heavy atom. The molecule has 0 spiro atoms. The minimum absolute atomic E-state index is 0.116. The lowest BCUT2D eigenvalue weighted by atomic mass is 9.78. The molecule has 0 fully saturated rings. The summed E-state index contributed by atoms with van der Waals surface area (Å²) in [6.45, 7) is 16.2. The Kier molecular flexibility index (Phi) is 5.46. The average Bonchev–Trinajstić information content (AvgIpc) is 3.16. The molecule has 0 saturated heterocycles. The normalized spacial score (nSPS) is 13.8. The van der Waals surface area contributed by atoms with Crippen molar-refractivity contribution in [1.29, 1.82) is 0 Å². The van der Waals surface area contributed by atoms with Gasteiger partial charge in [-0.2, -0.15) is 0 Å². The van der Waals surface area contributed by atoms with E-state index in [1.807, 2.05) is 0 Å². The summed E-state index contributed by atoms with van der Waals surface area (Å²) in [7, 11) is 0. The van der Waals surface area contributed by atoms with Crippen LogP contribution >= 0.6 is 0 Å². The summed E-state index contributed by atoms with van der Waals surface area (Å²) in [5, 5.41) is 0. The van der Waals surface area contributed by atoms with Crippen molar-refractivity contribution in [3.8, 4) is 11.1 Å². The smallest absolute Gasteiger partial charge is 0.00134 e. The highest BCUT2D eigenvalue weighted by Gasteiger charge is 2.24. The van der Waals surface area contributed by atoms with E-state index in [4.69, 9.17) is 0 Å². The third-order valence-corrected chi connectivity index (χ3v) is 6.60. The second-order valence-corrected chi connectivity index (χ2v) is 11.0. The Bertz CT molecular complexity index is 1100. The van der Waals surface area contributed by atoms with Gasteiger partial charge in [0, 0.05) is 0 Å². The highest BCUT2D eigenvalue weighted by molar-refractivity contribution is 5.95. The van der Waals surface area contributed by atoms with Gasteiger partial charge in [-0.3, -0.25) is 0 Å². The zero-order valence-electron chi connectivity index (χ0n) is 20.3. The first-order chi connectivity index (χ1) is 14.6. The van der Waals surface area contributed by atoms with Crippen molar-refractivity contribution in [3.63, 3.8) is 0 Å². The first-order valence-corrected chi connectivity index (χ1v) is 11.6. The lowest BCUT2D eigenvalue weighted by Crippen LogP contribution is -2.16. The van der Waals surface area contributed by atoms with Crippen molar-refractivity contribution < 1.29 is 0 Å². The molecule has 0 nitrogen and oxygen atoms in total. The maximum Gasteiger partial charge on any atom is -0.00134 e. The summed E-state index contributed by atoms with van der Waals surface area (Å²) in [4.78, 5) is 0. The Balaban J connectivity index is 1.96. The molecule has 0 bridgehead atoms. The first kappa shape index (κ1) is 21.6. The van der Waals surface area contributed by atoms with Gasteiger partial charge in [0.1, 0.15) is 0 Å². The average molecular weight is 409 g/mol. The summed E-state index contributed by atoms with van der Waals surface area (Å²) in [5.41, 5.74) is 12.9. The van der Waals surface area contributed by atoms with E-state index in [2.05, 4.69) is 115 Å². The molecular weight excluding hydrogens is 372 g/mol. The number of allylic oxidation sites excluding steroid dienone is 1. The SMILES string of the molecule is CCc1ccc2c(c1-c1cc(C(C)(C)C)cc(C(C)(C)C)c1)C=C(c1ccccc1)C2. The summed E-state index contributed by atoms with van der Waals surface area (Å²) in [5.74, 6) is 0. The number of hydrogen-bond donors (Lipinski definition) is 0. The molecule has 3 aromatic rings. The van der Waals surface area contributed by atoms with Gasteiger partial charge in [-0.1, -0.05) is 109 Å². The predicted octanol–water partition coefficient (Wildman–Crippen LogP) is 8.61. The van der Waals surface area contributed by atoms with Gasteiger partial charge in [-0.15, -0.1) is 0 Å². The van der Waals surface area contributed by atoms with Crippen LogP contribution in [0, 0.1) is 0 Å². The van der Waals surface area contributed by atoms with Crippen LogP contribution in [0.15, 0.2) is 60.7 Å². The van der Waals surface area contributed by atoms with Crippen molar-refractivity contribution in [2.75, 3.05) is 0 Å². The van der Waals surface area contributed by atoms with Crippen LogP contribution in [0.25, 0.3) is 22.8 Å². The van der Waals surface area contributed by atoms with Crippen LogP contribution in [0.3, 0.4) is 0 Å². The van der Waals surface area contributed by atoms with Gasteiger partial charge in [0.05, 0.1) is 0 Å². The molecular formula is C31H36. The van der Waals surface area contributed by atoms with Crippen molar-refractivity contribution in [3.05, 3.63) is 94.0 Å². The van der Waals surface area contributed by atoms with Crippen LogP contribution in [0.4, 0.5) is 0 Å². The van der Waals surface area contributed by atoms with Crippen LogP contribution in [-0.4, -0.2) is 0 Å². The Hall–Kier alpha value is -2.60. The molecule has 0 saturated carbocycles. The van der Waals surface area contributed by atoms with Gasteiger partial charge in [-0.05, 0) is 79.8 Å². The van der Waals surface area contributed by atoms with Crippen molar-refractivity contribution in [2.24, 2.45) is 0 Å². The fraction of sp³-hybridized carbons (Fsp3) is 0.355. The third kappa shape index (κ3) is 4.26. The van der Waals surface area contributed by atoms with Crippen LogP contribution in [-0.2, 0) is 23.7 Å². The minimum atomic E-state index is 0.116. The predicted molar refractivity (Wildman–Crippen MR) is 137 cm³/mol. The van der Waals surface area contributed by atoms with Crippen LogP contribution in [0.2, 0.25) is 0 Å². The van der Waals surface area contributed by atoms with E-state index in [0.29, 0.717) is 0 Å². The van der Waals surface area contributed by atoms with Gasteiger partial charge in [0.15, 0.2) is 0 Å². The maximum absolute atomic E-state index is 2.44. The number of aryl methyl sites for hydroxylation is 1. The molecule has 160 valence electrons. The molecule has 0 aromatic heterocycles. The zero-order valence-corrected chi connectivity index (χ0v) is 20.3. The van der Waals surface area contributed by atoms with E-state index in [1.54, 1.807) is 0 Å². The lowest BCUT2D eigenvalue weighted by Gasteiger charge is -2.27. The molecule has 0 amide bonds. The van der Waals surface area contributed by atoms with Gasteiger partial charge >= 0.3 is 0 Å². The van der Waals surface area contributed by atoms with Crippen LogP contribution in [0.1, 0.15) is 81.8 Å². The molecule has 0 heterocycles. The molecule has 1 aliphatic rings. The molecule has 0 aliphatic heterocycles. The van der Waals surface area contributed by atoms with E-state index in [0.717, 1.165) is 12.8 Å². The second-order valence-electron chi connectivity index (χ2n) is 11.0. The van der Waals surface area contributed by atoms with E-state index in [9.17, 15) is 0 Å². The molecule has 4 rings (SSSR count). The summed E-state index contributed by atoms with van der Waals surface area (Å²) in [6.07, 6.45) is 4.50. The van der Waals surface area contributed by atoms with Gasteiger partial charge < -0.3 is 0 Å². The highest BCUT2D eigenvalue weighted by atomic mass is 14.3. The van der Waals surface area contributed by atoms with Crippen molar-refractivity contribution in [2.45, 2.75) is 72.1 Å². The van der Waals surface area contributed by atoms with E-state index >= 15 is 0 Å². The van der Waals surface area contributed by atoms with Crippen LogP contribution < -0.4 is 0 Å². The standard InChI is InChI=1S/C31H36/c1-8-21-14-15-23-16-24(22-12-10-9-11-13-22)19-28(23)29(21)25-17-26(30(2,3)4)20-27(18-25)31(5,6)7/h9-15,17-20H,8,16H2,1-7H3. The fourth-order valence-electron chi connectivity index (χ4n) is 4.57. The molecule has 3 aromatic carbocycles. The van der Waals surface area contributed by atoms with E-state index < -0.39 is 0 Å². The molecule has 1 aliphatic carbocycles.